The smallest absolute Gasteiger partial charge is 0.286 e. The Morgan fingerprint density at radius 1 is 0.840 bits per heavy atom. The number of thioether (sulfide) groups is 1. The number of carbonyl (C=O) groups excluding carboxylic acids is 2. The molecule has 1 saturated heterocycles. The molecule has 3 nitrogen and oxygen atoms in total. The van der Waals surface area contributed by atoms with Crippen LogP contribution in [0.5, 0.6) is 0 Å². The molecule has 1 N–H and O–H groups in total. The lowest BCUT2D eigenvalue weighted by Gasteiger charge is -2.03. The van der Waals surface area contributed by atoms with Crippen LogP contribution < -0.4 is 5.32 Å². The van der Waals surface area contributed by atoms with Gasteiger partial charge in [0.05, 0.1) is 5.25 Å². The van der Waals surface area contributed by atoms with Gasteiger partial charge in [-0.05, 0) is 44.9 Å². The summed E-state index contributed by atoms with van der Waals surface area (Å²) in [5.74, 6) is -0.113. The number of nitrogens with one attached hydrogen (secondary N) is 1. The van der Waals surface area contributed by atoms with Crippen molar-refractivity contribution in [3.8, 4) is 0 Å². The Hall–Kier alpha value is -1.29. The molecule has 25 heavy (non-hydrogen) atoms. The van der Waals surface area contributed by atoms with E-state index in [1.54, 1.807) is 0 Å². The molecule has 1 aliphatic rings. The zero-order chi connectivity index (χ0) is 18.2. The maximum Gasteiger partial charge on any atom is 0.286 e. The predicted molar refractivity (Wildman–Crippen MR) is 109 cm³/mol. The van der Waals surface area contributed by atoms with Crippen molar-refractivity contribution in [2.24, 2.45) is 0 Å². The second-order valence-electron chi connectivity index (χ2n) is 6.40. The third kappa shape index (κ3) is 11.8. The van der Waals surface area contributed by atoms with Gasteiger partial charge >= 0.3 is 0 Å². The van der Waals surface area contributed by atoms with Crippen molar-refractivity contribution >= 4 is 22.9 Å². The van der Waals surface area contributed by atoms with E-state index in [0.717, 1.165) is 56.7 Å². The van der Waals surface area contributed by atoms with Gasteiger partial charge in [0.2, 0.25) is 5.91 Å². The van der Waals surface area contributed by atoms with E-state index >= 15 is 0 Å². The summed E-state index contributed by atoms with van der Waals surface area (Å²) in [6, 6.07) is 0. The van der Waals surface area contributed by atoms with Gasteiger partial charge in [0.15, 0.2) is 0 Å². The molecule has 1 heterocycles. The van der Waals surface area contributed by atoms with Crippen LogP contribution in [0.2, 0.25) is 0 Å². The van der Waals surface area contributed by atoms with Crippen molar-refractivity contribution < 1.29 is 9.59 Å². The highest BCUT2D eigenvalue weighted by Crippen LogP contribution is 2.24. The molecule has 0 aromatic carbocycles. The average molecular weight is 364 g/mol. The van der Waals surface area contributed by atoms with E-state index < -0.39 is 0 Å². The highest BCUT2D eigenvalue weighted by atomic mass is 32.2. The molecule has 0 spiro atoms. The predicted octanol–water partition coefficient (Wildman–Crippen LogP) is 6.32. The van der Waals surface area contributed by atoms with Gasteiger partial charge in [0.1, 0.15) is 0 Å². The van der Waals surface area contributed by atoms with Crippen LogP contribution in [0.15, 0.2) is 36.5 Å². The van der Waals surface area contributed by atoms with E-state index in [1.165, 1.54) is 25.7 Å². The number of hydrogen-bond donors (Lipinski definition) is 1. The summed E-state index contributed by atoms with van der Waals surface area (Å²) in [6.45, 7) is 2.23. The first-order valence-electron chi connectivity index (χ1n) is 9.70. The molecule has 0 aromatic heterocycles. The summed E-state index contributed by atoms with van der Waals surface area (Å²) in [5, 5.41) is 1.98. The van der Waals surface area contributed by atoms with Gasteiger partial charge in [-0.3, -0.25) is 14.9 Å². The van der Waals surface area contributed by atoms with Crippen LogP contribution in [0.1, 0.15) is 77.6 Å². The quantitative estimate of drug-likeness (QED) is 0.290. The summed E-state index contributed by atoms with van der Waals surface area (Å²) in [4.78, 5) is 22.4. The number of amides is 2. The minimum absolute atomic E-state index is 0.113. The van der Waals surface area contributed by atoms with Gasteiger partial charge in [0, 0.05) is 0 Å². The highest BCUT2D eigenvalue weighted by molar-refractivity contribution is 8.15. The fourth-order valence-electron chi connectivity index (χ4n) is 2.64. The standard InChI is InChI=1S/C21H33NO2S/c1-2-3-4-5-6-7-8-9-10-11-12-13-14-15-16-17-18-19-20(23)22-21(24)25-19/h6-7,9-10,12-13,19H,2-5,8,11,14-18H2,1H3,(H,22,23,24)/b7-6-,10-9-,13-12+. The van der Waals surface area contributed by atoms with Crippen molar-refractivity contribution in [3.63, 3.8) is 0 Å². The fraction of sp³-hybridized carbons (Fsp3) is 0.619. The molecule has 0 bridgehead atoms. The summed E-state index contributed by atoms with van der Waals surface area (Å²) >= 11 is 1.14. The first kappa shape index (κ1) is 21.8. The van der Waals surface area contributed by atoms with Crippen molar-refractivity contribution in [2.75, 3.05) is 0 Å². The lowest BCUT2D eigenvalue weighted by Crippen LogP contribution is -2.23. The molecule has 1 rings (SSSR count). The van der Waals surface area contributed by atoms with Crippen LogP contribution in [0.3, 0.4) is 0 Å². The zero-order valence-electron chi connectivity index (χ0n) is 15.5. The van der Waals surface area contributed by atoms with E-state index in [2.05, 4.69) is 48.7 Å². The number of hydrogen-bond acceptors (Lipinski definition) is 3. The molecule has 0 saturated carbocycles. The first-order chi connectivity index (χ1) is 12.2. The highest BCUT2D eigenvalue weighted by Gasteiger charge is 2.30. The number of imide groups is 1. The van der Waals surface area contributed by atoms with Gasteiger partial charge in [-0.2, -0.15) is 0 Å². The van der Waals surface area contributed by atoms with Gasteiger partial charge in [0.25, 0.3) is 5.24 Å². The molecule has 0 aromatic rings. The zero-order valence-corrected chi connectivity index (χ0v) is 16.4. The van der Waals surface area contributed by atoms with Crippen LogP contribution in [-0.4, -0.2) is 16.4 Å². The van der Waals surface area contributed by atoms with Crippen LogP contribution in [0, 0.1) is 0 Å². The van der Waals surface area contributed by atoms with E-state index in [1.807, 2.05) is 0 Å². The number of allylic oxidation sites excluding steroid dienone is 6. The molecule has 4 heteroatoms. The van der Waals surface area contributed by atoms with Gasteiger partial charge in [-0.1, -0.05) is 80.8 Å². The Labute approximate surface area is 157 Å². The van der Waals surface area contributed by atoms with Crippen LogP contribution in [0.25, 0.3) is 0 Å². The third-order valence-corrected chi connectivity index (χ3v) is 5.17. The summed E-state index contributed by atoms with van der Waals surface area (Å²) < 4.78 is 0. The van der Waals surface area contributed by atoms with E-state index in [-0.39, 0.29) is 16.4 Å². The van der Waals surface area contributed by atoms with Crippen molar-refractivity contribution in [3.05, 3.63) is 36.5 Å². The second-order valence-corrected chi connectivity index (χ2v) is 7.58. The Balaban J connectivity index is 1.89. The van der Waals surface area contributed by atoms with Crippen molar-refractivity contribution in [1.29, 1.82) is 0 Å². The molecule has 1 fully saturated rings. The summed E-state index contributed by atoms with van der Waals surface area (Å²) in [6.07, 6.45) is 25.8. The molecule has 1 atom stereocenters. The second kappa shape index (κ2) is 15.0. The maximum atomic E-state index is 11.4. The maximum absolute atomic E-state index is 11.4. The number of carbonyl (C=O) groups is 2. The monoisotopic (exact) mass is 363 g/mol. The first-order valence-corrected chi connectivity index (χ1v) is 10.6. The average Bonchev–Trinajstić information content (AvgIpc) is 2.92. The van der Waals surface area contributed by atoms with E-state index in [4.69, 9.17) is 0 Å². The largest absolute Gasteiger partial charge is 0.286 e. The number of rotatable bonds is 14. The number of unbranched alkanes of at least 4 members (excludes halogenated alkanes) is 6. The molecule has 2 amide bonds. The molecule has 1 aliphatic heterocycles. The normalized spacial score (nSPS) is 18.2. The molecule has 1 unspecified atom stereocenters. The molecule has 0 aliphatic carbocycles. The van der Waals surface area contributed by atoms with E-state index in [9.17, 15) is 9.59 Å². The van der Waals surface area contributed by atoms with Crippen molar-refractivity contribution in [1.82, 2.24) is 5.32 Å². The molecule has 0 radical (unpaired) electrons. The van der Waals surface area contributed by atoms with E-state index in [0.29, 0.717) is 0 Å². The van der Waals surface area contributed by atoms with Crippen LogP contribution >= 0.6 is 11.8 Å². The summed E-state index contributed by atoms with van der Waals surface area (Å²) in [5.41, 5.74) is 0. The molecular weight excluding hydrogens is 330 g/mol. The Morgan fingerprint density at radius 3 is 2.00 bits per heavy atom. The fourth-order valence-corrected chi connectivity index (χ4v) is 3.51. The third-order valence-electron chi connectivity index (χ3n) is 4.12. The van der Waals surface area contributed by atoms with Crippen LogP contribution in [0.4, 0.5) is 4.79 Å². The summed E-state index contributed by atoms with van der Waals surface area (Å²) in [7, 11) is 0. The van der Waals surface area contributed by atoms with Gasteiger partial charge in [-0.15, -0.1) is 0 Å². The molecular formula is C21H33NO2S. The topological polar surface area (TPSA) is 46.2 Å². The molecule has 140 valence electrons. The van der Waals surface area contributed by atoms with Crippen molar-refractivity contribution in [2.45, 2.75) is 82.8 Å². The Kier molecular flexibility index (Phi) is 13.1. The van der Waals surface area contributed by atoms with Gasteiger partial charge in [-0.25, -0.2) is 0 Å². The Morgan fingerprint density at radius 2 is 1.44 bits per heavy atom. The minimum Gasteiger partial charge on any atom is -0.286 e. The Bertz CT molecular complexity index is 469. The minimum atomic E-state index is -0.196. The lowest BCUT2D eigenvalue weighted by molar-refractivity contribution is -0.119. The lowest BCUT2D eigenvalue weighted by atomic mass is 10.1. The SMILES string of the molecule is CCCCC/C=C\C/C=C\C/C=C/CCCCCC1SC(=O)NC1=O. The van der Waals surface area contributed by atoms with Crippen LogP contribution in [-0.2, 0) is 4.79 Å². The van der Waals surface area contributed by atoms with Gasteiger partial charge < -0.3 is 0 Å².